The predicted molar refractivity (Wildman–Crippen MR) is 66.2 cm³/mol. The molecule has 0 fully saturated rings. The fourth-order valence-electron chi connectivity index (χ4n) is 1.50. The zero-order valence-corrected chi connectivity index (χ0v) is 10.2. The number of carbonyl (C=O) groups excluding carboxylic acids is 1. The van der Waals surface area contributed by atoms with E-state index in [2.05, 4.69) is 4.98 Å². The normalized spacial score (nSPS) is 11.3. The van der Waals surface area contributed by atoms with Crippen molar-refractivity contribution in [2.45, 2.75) is 6.18 Å². The molecule has 2 aromatic rings. The Balaban J connectivity index is 2.33. The Bertz CT molecular complexity index is 617. The number of rotatable bonds is 2. The molecule has 98 valence electrons. The Morgan fingerprint density at radius 2 is 1.89 bits per heavy atom. The summed E-state index contributed by atoms with van der Waals surface area (Å²) in [5, 5.41) is 0. The number of imidazole rings is 1. The summed E-state index contributed by atoms with van der Waals surface area (Å²) >= 11 is 5.11. The number of hydrogen-bond acceptors (Lipinski definition) is 3. The summed E-state index contributed by atoms with van der Waals surface area (Å²) in [5.74, 6) is 0. The highest BCUT2D eigenvalue weighted by Gasteiger charge is 2.30. The SMILES string of the molecule is O=Cc1cncn1C(=S)c1ccc(C(F)(F)F)cc1. The Hall–Kier alpha value is -2.02. The van der Waals surface area contributed by atoms with Gasteiger partial charge in [0.25, 0.3) is 0 Å². The molecule has 0 saturated carbocycles. The molecule has 0 unspecified atom stereocenters. The van der Waals surface area contributed by atoms with Crippen molar-refractivity contribution in [2.75, 3.05) is 0 Å². The standard InChI is InChI=1S/C12H7F3N2OS/c13-12(14,15)9-3-1-8(2-4-9)11(19)17-7-16-5-10(17)6-18/h1-7H. The van der Waals surface area contributed by atoms with E-state index in [0.29, 0.717) is 11.8 Å². The van der Waals surface area contributed by atoms with Gasteiger partial charge in [-0.15, -0.1) is 0 Å². The van der Waals surface area contributed by atoms with E-state index in [9.17, 15) is 18.0 Å². The second kappa shape index (κ2) is 4.93. The molecule has 0 aliphatic rings. The first-order valence-corrected chi connectivity index (χ1v) is 5.54. The summed E-state index contributed by atoms with van der Waals surface area (Å²) in [6.45, 7) is 0. The van der Waals surface area contributed by atoms with Crippen LogP contribution in [0.5, 0.6) is 0 Å². The minimum absolute atomic E-state index is 0.216. The predicted octanol–water partition coefficient (Wildman–Crippen LogP) is 2.94. The molecule has 0 aliphatic carbocycles. The maximum Gasteiger partial charge on any atom is 0.416 e. The second-order valence-electron chi connectivity index (χ2n) is 3.69. The lowest BCUT2D eigenvalue weighted by Crippen LogP contribution is -2.13. The molecular formula is C12H7F3N2OS. The van der Waals surface area contributed by atoms with Crippen molar-refractivity contribution in [1.29, 1.82) is 0 Å². The molecule has 1 aromatic heterocycles. The number of nitrogens with zero attached hydrogens (tertiary/aromatic N) is 2. The molecule has 1 heterocycles. The molecule has 0 N–H and O–H groups in total. The minimum Gasteiger partial charge on any atom is -0.296 e. The number of aromatic nitrogens is 2. The van der Waals surface area contributed by atoms with Gasteiger partial charge in [-0.1, -0.05) is 24.4 Å². The number of thiocarbonyl (C=S) groups is 1. The Morgan fingerprint density at radius 3 is 2.42 bits per heavy atom. The average Bonchev–Trinajstić information content (AvgIpc) is 2.85. The van der Waals surface area contributed by atoms with Crippen LogP contribution in [0.25, 0.3) is 0 Å². The van der Waals surface area contributed by atoms with Gasteiger partial charge < -0.3 is 0 Å². The summed E-state index contributed by atoms with van der Waals surface area (Å²) in [7, 11) is 0. The topological polar surface area (TPSA) is 34.9 Å². The molecule has 0 spiro atoms. The highest BCUT2D eigenvalue weighted by molar-refractivity contribution is 7.80. The molecule has 2 rings (SSSR count). The van der Waals surface area contributed by atoms with E-state index in [4.69, 9.17) is 12.2 Å². The van der Waals surface area contributed by atoms with Crippen LogP contribution >= 0.6 is 12.2 Å². The molecule has 0 saturated heterocycles. The van der Waals surface area contributed by atoms with Crippen molar-refractivity contribution in [1.82, 2.24) is 9.55 Å². The van der Waals surface area contributed by atoms with E-state index in [1.54, 1.807) is 0 Å². The van der Waals surface area contributed by atoms with Crippen LogP contribution in [0.3, 0.4) is 0 Å². The van der Waals surface area contributed by atoms with Gasteiger partial charge in [0.15, 0.2) is 6.29 Å². The van der Waals surface area contributed by atoms with Crippen LogP contribution in [0.2, 0.25) is 0 Å². The maximum absolute atomic E-state index is 12.4. The number of benzene rings is 1. The number of hydrogen-bond donors (Lipinski definition) is 0. The number of carbonyl (C=O) groups is 1. The van der Waals surface area contributed by atoms with Crippen LogP contribution in [0.1, 0.15) is 21.6 Å². The number of aldehydes is 1. The van der Waals surface area contributed by atoms with Gasteiger partial charge in [0, 0.05) is 5.56 Å². The third-order valence-corrected chi connectivity index (χ3v) is 2.90. The third-order valence-electron chi connectivity index (χ3n) is 2.47. The minimum atomic E-state index is -4.39. The molecule has 0 radical (unpaired) electrons. The van der Waals surface area contributed by atoms with E-state index in [-0.39, 0.29) is 10.7 Å². The second-order valence-corrected chi connectivity index (χ2v) is 4.07. The van der Waals surface area contributed by atoms with Gasteiger partial charge in [0.1, 0.15) is 17.0 Å². The van der Waals surface area contributed by atoms with Crippen LogP contribution in [0.4, 0.5) is 13.2 Å². The molecular weight excluding hydrogens is 277 g/mol. The van der Waals surface area contributed by atoms with Crippen molar-refractivity contribution in [2.24, 2.45) is 0 Å². The highest BCUT2D eigenvalue weighted by Crippen LogP contribution is 2.29. The Kier molecular flexibility index (Phi) is 3.48. The lowest BCUT2D eigenvalue weighted by atomic mass is 10.1. The smallest absolute Gasteiger partial charge is 0.296 e. The fourth-order valence-corrected chi connectivity index (χ4v) is 1.79. The molecule has 0 bridgehead atoms. The molecule has 0 atom stereocenters. The van der Waals surface area contributed by atoms with Crippen LogP contribution in [0.15, 0.2) is 36.8 Å². The van der Waals surface area contributed by atoms with E-state index in [0.717, 1.165) is 12.1 Å². The number of alkyl halides is 3. The molecule has 1 aromatic carbocycles. The van der Waals surface area contributed by atoms with Gasteiger partial charge in [0.2, 0.25) is 0 Å². The van der Waals surface area contributed by atoms with Crippen molar-refractivity contribution < 1.29 is 18.0 Å². The maximum atomic E-state index is 12.4. The first-order valence-electron chi connectivity index (χ1n) is 5.13. The monoisotopic (exact) mass is 284 g/mol. The first-order chi connectivity index (χ1) is 8.93. The summed E-state index contributed by atoms with van der Waals surface area (Å²) in [4.78, 5) is 14.7. The molecule has 7 heteroatoms. The van der Waals surface area contributed by atoms with Crippen LogP contribution in [0, 0.1) is 0 Å². The van der Waals surface area contributed by atoms with Crippen molar-refractivity contribution >= 4 is 23.5 Å². The van der Waals surface area contributed by atoms with E-state index in [1.165, 1.54) is 29.2 Å². The largest absolute Gasteiger partial charge is 0.416 e. The Labute approximate surface area is 111 Å². The van der Waals surface area contributed by atoms with Crippen molar-refractivity contribution in [3.8, 4) is 0 Å². The number of halogens is 3. The van der Waals surface area contributed by atoms with Crippen LogP contribution in [-0.4, -0.2) is 20.8 Å². The van der Waals surface area contributed by atoms with E-state index in [1.807, 2.05) is 0 Å². The van der Waals surface area contributed by atoms with Crippen LogP contribution in [-0.2, 0) is 6.18 Å². The van der Waals surface area contributed by atoms with E-state index >= 15 is 0 Å². The summed E-state index contributed by atoms with van der Waals surface area (Å²) in [6, 6.07) is 4.41. The summed E-state index contributed by atoms with van der Waals surface area (Å²) in [6.07, 6.45) is -1.15. The van der Waals surface area contributed by atoms with Crippen molar-refractivity contribution in [3.05, 3.63) is 53.6 Å². The summed E-state index contributed by atoms with van der Waals surface area (Å²) in [5.41, 5.74) is -0.103. The van der Waals surface area contributed by atoms with Crippen LogP contribution < -0.4 is 0 Å². The van der Waals surface area contributed by atoms with Gasteiger partial charge in [-0.05, 0) is 12.1 Å². The van der Waals surface area contributed by atoms with E-state index < -0.39 is 11.7 Å². The van der Waals surface area contributed by atoms with Gasteiger partial charge in [-0.25, -0.2) is 4.98 Å². The quantitative estimate of drug-likeness (QED) is 0.628. The van der Waals surface area contributed by atoms with Gasteiger partial charge in [-0.2, -0.15) is 13.2 Å². The third kappa shape index (κ3) is 2.70. The van der Waals surface area contributed by atoms with Gasteiger partial charge in [0.05, 0.1) is 11.8 Å². The zero-order valence-electron chi connectivity index (χ0n) is 9.39. The van der Waals surface area contributed by atoms with Gasteiger partial charge in [-0.3, -0.25) is 9.36 Å². The lowest BCUT2D eigenvalue weighted by molar-refractivity contribution is -0.137. The molecule has 19 heavy (non-hydrogen) atoms. The average molecular weight is 284 g/mol. The zero-order chi connectivity index (χ0) is 14.0. The summed E-state index contributed by atoms with van der Waals surface area (Å²) < 4.78 is 38.6. The first kappa shape index (κ1) is 13.4. The molecule has 0 aliphatic heterocycles. The highest BCUT2D eigenvalue weighted by atomic mass is 32.1. The van der Waals surface area contributed by atoms with Gasteiger partial charge >= 0.3 is 6.18 Å². The molecule has 0 amide bonds. The molecule has 3 nitrogen and oxygen atoms in total. The lowest BCUT2D eigenvalue weighted by Gasteiger charge is -2.09. The Morgan fingerprint density at radius 1 is 1.26 bits per heavy atom. The van der Waals surface area contributed by atoms with Crippen molar-refractivity contribution in [3.63, 3.8) is 0 Å². The fraction of sp³-hybridized carbons (Fsp3) is 0.0833.